The molecule has 1 fully saturated rings. The zero-order chi connectivity index (χ0) is 18.1. The number of alkyl halides is 3. The Labute approximate surface area is 142 Å². The van der Waals surface area contributed by atoms with Crippen LogP contribution in [0.15, 0.2) is 47.8 Å². The second-order valence-corrected chi connectivity index (χ2v) is 7.40. The second kappa shape index (κ2) is 6.60. The van der Waals surface area contributed by atoms with Crippen LogP contribution in [0.25, 0.3) is 0 Å². The van der Waals surface area contributed by atoms with Gasteiger partial charge in [0.05, 0.1) is 23.2 Å². The molecule has 0 bridgehead atoms. The van der Waals surface area contributed by atoms with Crippen molar-refractivity contribution >= 4 is 10.0 Å². The van der Waals surface area contributed by atoms with E-state index in [0.29, 0.717) is 12.3 Å². The summed E-state index contributed by atoms with van der Waals surface area (Å²) in [4.78, 5) is 7.64. The number of sulfonamides is 1. The van der Waals surface area contributed by atoms with Crippen LogP contribution in [0.4, 0.5) is 13.2 Å². The topological polar surface area (TPSA) is 72.4 Å². The predicted octanol–water partition coefficient (Wildman–Crippen LogP) is 2.34. The van der Waals surface area contributed by atoms with E-state index in [0.717, 1.165) is 24.3 Å². The third-order valence-corrected chi connectivity index (χ3v) is 5.63. The Hall–Kier alpha value is -2.20. The molecule has 10 heteroatoms. The van der Waals surface area contributed by atoms with E-state index in [9.17, 15) is 21.6 Å². The van der Waals surface area contributed by atoms with Crippen molar-refractivity contribution in [1.29, 1.82) is 0 Å². The van der Waals surface area contributed by atoms with E-state index < -0.39 is 21.8 Å². The van der Waals surface area contributed by atoms with Gasteiger partial charge in [-0.2, -0.15) is 17.5 Å². The van der Waals surface area contributed by atoms with Crippen LogP contribution < -0.4 is 4.74 Å². The molecule has 0 radical (unpaired) electrons. The van der Waals surface area contributed by atoms with Gasteiger partial charge >= 0.3 is 6.18 Å². The van der Waals surface area contributed by atoms with Gasteiger partial charge in [0.1, 0.15) is 6.10 Å². The number of aromatic nitrogens is 2. The molecule has 25 heavy (non-hydrogen) atoms. The molecule has 0 amide bonds. The lowest BCUT2D eigenvalue weighted by atomic mass is 10.2. The summed E-state index contributed by atoms with van der Waals surface area (Å²) in [5, 5.41) is 0. The van der Waals surface area contributed by atoms with Crippen molar-refractivity contribution in [3.63, 3.8) is 0 Å². The molecule has 1 aliphatic heterocycles. The van der Waals surface area contributed by atoms with Crippen LogP contribution in [0.5, 0.6) is 5.88 Å². The molecule has 134 valence electrons. The maximum atomic E-state index is 12.6. The third kappa shape index (κ3) is 3.90. The van der Waals surface area contributed by atoms with Gasteiger partial charge in [0, 0.05) is 18.9 Å². The van der Waals surface area contributed by atoms with Gasteiger partial charge in [0.2, 0.25) is 15.9 Å². The normalized spacial score (nSPS) is 19.1. The summed E-state index contributed by atoms with van der Waals surface area (Å²) in [6, 6.07) is 3.46. The average molecular weight is 373 g/mol. The summed E-state index contributed by atoms with van der Waals surface area (Å²) >= 11 is 0. The molecule has 0 spiro atoms. The van der Waals surface area contributed by atoms with Gasteiger partial charge in [-0.25, -0.2) is 13.4 Å². The number of halogens is 3. The molecule has 3 rings (SSSR count). The highest BCUT2D eigenvalue weighted by Gasteiger charge is 2.35. The molecule has 1 saturated heterocycles. The van der Waals surface area contributed by atoms with Gasteiger partial charge in [0.15, 0.2) is 0 Å². The lowest BCUT2D eigenvalue weighted by molar-refractivity contribution is -0.137. The predicted molar refractivity (Wildman–Crippen MR) is 81.3 cm³/mol. The number of rotatable bonds is 4. The van der Waals surface area contributed by atoms with Crippen molar-refractivity contribution in [3.8, 4) is 5.88 Å². The quantitative estimate of drug-likeness (QED) is 0.823. The minimum absolute atomic E-state index is 0.0972. The van der Waals surface area contributed by atoms with Crippen molar-refractivity contribution in [2.45, 2.75) is 23.6 Å². The van der Waals surface area contributed by atoms with E-state index in [-0.39, 0.29) is 24.1 Å². The monoisotopic (exact) mass is 373 g/mol. The molecule has 1 aromatic carbocycles. The summed E-state index contributed by atoms with van der Waals surface area (Å²) in [5.41, 5.74) is -0.892. The fraction of sp³-hybridized carbons (Fsp3) is 0.333. The van der Waals surface area contributed by atoms with Crippen molar-refractivity contribution < 1.29 is 26.3 Å². The van der Waals surface area contributed by atoms with Crippen LogP contribution in [-0.4, -0.2) is 41.9 Å². The summed E-state index contributed by atoms with van der Waals surface area (Å²) in [6.45, 7) is 0.314. The standard InChI is InChI=1S/C15H14F3N3O3S/c16-15(17,18)11-1-3-13(4-2-11)25(22,23)21-8-5-12(10-21)24-14-9-19-6-7-20-14/h1-4,6-7,9,12H,5,8,10H2. The molecule has 0 N–H and O–H groups in total. The first kappa shape index (κ1) is 17.6. The van der Waals surface area contributed by atoms with E-state index in [1.165, 1.54) is 22.9 Å². The zero-order valence-corrected chi connectivity index (χ0v) is 13.7. The molecule has 1 unspecified atom stereocenters. The molecular weight excluding hydrogens is 359 g/mol. The van der Waals surface area contributed by atoms with Gasteiger partial charge in [-0.3, -0.25) is 4.98 Å². The van der Waals surface area contributed by atoms with Crippen LogP contribution in [0.3, 0.4) is 0 Å². The second-order valence-electron chi connectivity index (χ2n) is 5.46. The lowest BCUT2D eigenvalue weighted by Crippen LogP contribution is -2.31. The molecule has 2 heterocycles. The third-order valence-electron chi connectivity index (χ3n) is 3.75. The van der Waals surface area contributed by atoms with E-state index in [4.69, 9.17) is 4.74 Å². The van der Waals surface area contributed by atoms with Gasteiger partial charge in [-0.05, 0) is 30.7 Å². The Bertz CT molecular complexity index is 827. The minimum atomic E-state index is -4.51. The first-order chi connectivity index (χ1) is 11.8. The highest BCUT2D eigenvalue weighted by Crippen LogP contribution is 2.30. The number of hydrogen-bond donors (Lipinski definition) is 0. The Kier molecular flexibility index (Phi) is 4.65. The minimum Gasteiger partial charge on any atom is -0.472 e. The number of benzene rings is 1. The van der Waals surface area contributed by atoms with Gasteiger partial charge < -0.3 is 4.74 Å². The largest absolute Gasteiger partial charge is 0.472 e. The van der Waals surface area contributed by atoms with Crippen LogP contribution in [0.2, 0.25) is 0 Å². The first-order valence-electron chi connectivity index (χ1n) is 7.37. The van der Waals surface area contributed by atoms with E-state index in [2.05, 4.69) is 9.97 Å². The molecule has 1 atom stereocenters. The van der Waals surface area contributed by atoms with E-state index >= 15 is 0 Å². The molecule has 1 aliphatic rings. The summed E-state index contributed by atoms with van der Waals surface area (Å²) in [6.07, 6.45) is -0.0696. The first-order valence-corrected chi connectivity index (χ1v) is 8.81. The summed E-state index contributed by atoms with van der Waals surface area (Å²) < 4.78 is 69.6. The average Bonchev–Trinajstić information content (AvgIpc) is 3.04. The highest BCUT2D eigenvalue weighted by molar-refractivity contribution is 7.89. The molecule has 2 aromatic rings. The highest BCUT2D eigenvalue weighted by atomic mass is 32.2. The zero-order valence-electron chi connectivity index (χ0n) is 12.8. The Morgan fingerprint density at radius 2 is 1.88 bits per heavy atom. The van der Waals surface area contributed by atoms with Crippen molar-refractivity contribution in [2.24, 2.45) is 0 Å². The van der Waals surface area contributed by atoms with Crippen LogP contribution in [0.1, 0.15) is 12.0 Å². The Morgan fingerprint density at radius 1 is 1.16 bits per heavy atom. The number of hydrogen-bond acceptors (Lipinski definition) is 5. The van der Waals surface area contributed by atoms with Gasteiger partial charge in [0.25, 0.3) is 0 Å². The fourth-order valence-electron chi connectivity index (χ4n) is 2.49. The number of ether oxygens (including phenoxy) is 1. The van der Waals surface area contributed by atoms with E-state index in [1.807, 2.05) is 0 Å². The SMILES string of the molecule is O=S(=O)(c1ccc(C(F)(F)F)cc1)N1CCC(Oc2cnccn2)C1. The van der Waals surface area contributed by atoms with Crippen molar-refractivity contribution in [1.82, 2.24) is 14.3 Å². The van der Waals surface area contributed by atoms with Crippen molar-refractivity contribution in [2.75, 3.05) is 13.1 Å². The number of nitrogens with zero attached hydrogens (tertiary/aromatic N) is 3. The fourth-order valence-corrected chi connectivity index (χ4v) is 3.98. The van der Waals surface area contributed by atoms with Crippen LogP contribution in [-0.2, 0) is 16.2 Å². The van der Waals surface area contributed by atoms with Crippen molar-refractivity contribution in [3.05, 3.63) is 48.4 Å². The van der Waals surface area contributed by atoms with Gasteiger partial charge in [-0.15, -0.1) is 0 Å². The van der Waals surface area contributed by atoms with Crippen LogP contribution >= 0.6 is 0 Å². The molecule has 6 nitrogen and oxygen atoms in total. The smallest absolute Gasteiger partial charge is 0.416 e. The molecule has 0 saturated carbocycles. The summed E-state index contributed by atoms with van der Waals surface area (Å²) in [5.74, 6) is 0.293. The molecule has 1 aromatic heterocycles. The molecule has 0 aliphatic carbocycles. The van der Waals surface area contributed by atoms with E-state index in [1.54, 1.807) is 0 Å². The Balaban J connectivity index is 1.71. The van der Waals surface area contributed by atoms with Gasteiger partial charge in [-0.1, -0.05) is 0 Å². The lowest BCUT2D eigenvalue weighted by Gasteiger charge is -2.17. The maximum absolute atomic E-state index is 12.6. The Morgan fingerprint density at radius 3 is 2.48 bits per heavy atom. The molecular formula is C15H14F3N3O3S. The van der Waals surface area contributed by atoms with Crippen LogP contribution in [0, 0.1) is 0 Å². The maximum Gasteiger partial charge on any atom is 0.416 e. The summed E-state index contributed by atoms with van der Waals surface area (Å²) in [7, 11) is -3.88.